The SMILES string of the molecule is CCN(C(=O)c1ccc(C(=O)O)cn1)c1ccccc1C. The molecule has 2 aromatic rings. The van der Waals surface area contributed by atoms with Gasteiger partial charge in [0.05, 0.1) is 5.56 Å². The molecule has 108 valence electrons. The number of amides is 1. The first-order valence-corrected chi connectivity index (χ1v) is 6.61. The van der Waals surface area contributed by atoms with Crippen LogP contribution in [0.5, 0.6) is 0 Å². The smallest absolute Gasteiger partial charge is 0.337 e. The Kier molecular flexibility index (Phi) is 4.33. The highest BCUT2D eigenvalue weighted by Gasteiger charge is 2.19. The van der Waals surface area contributed by atoms with Crippen molar-refractivity contribution in [3.63, 3.8) is 0 Å². The monoisotopic (exact) mass is 284 g/mol. The first-order valence-electron chi connectivity index (χ1n) is 6.61. The van der Waals surface area contributed by atoms with Crippen LogP contribution < -0.4 is 4.90 Å². The van der Waals surface area contributed by atoms with E-state index in [0.717, 1.165) is 11.3 Å². The van der Waals surface area contributed by atoms with Crippen molar-refractivity contribution in [2.24, 2.45) is 0 Å². The van der Waals surface area contributed by atoms with Crippen molar-refractivity contribution >= 4 is 17.6 Å². The molecular weight excluding hydrogens is 268 g/mol. The molecule has 0 aliphatic rings. The number of hydrogen-bond acceptors (Lipinski definition) is 3. The number of pyridine rings is 1. The zero-order valence-electron chi connectivity index (χ0n) is 11.9. The van der Waals surface area contributed by atoms with Crippen molar-refractivity contribution in [3.8, 4) is 0 Å². The van der Waals surface area contributed by atoms with Crippen LogP contribution in [0, 0.1) is 6.92 Å². The van der Waals surface area contributed by atoms with Gasteiger partial charge in [-0.1, -0.05) is 18.2 Å². The van der Waals surface area contributed by atoms with E-state index in [9.17, 15) is 9.59 Å². The summed E-state index contributed by atoms with van der Waals surface area (Å²) >= 11 is 0. The number of carbonyl (C=O) groups excluding carboxylic acids is 1. The van der Waals surface area contributed by atoms with Gasteiger partial charge in [0.15, 0.2) is 0 Å². The predicted molar refractivity (Wildman–Crippen MR) is 79.7 cm³/mol. The van der Waals surface area contributed by atoms with E-state index in [1.54, 1.807) is 4.90 Å². The second-order valence-corrected chi connectivity index (χ2v) is 4.57. The Morgan fingerprint density at radius 2 is 1.90 bits per heavy atom. The van der Waals surface area contributed by atoms with Gasteiger partial charge in [-0.2, -0.15) is 0 Å². The van der Waals surface area contributed by atoms with Gasteiger partial charge in [0, 0.05) is 18.4 Å². The fraction of sp³-hybridized carbons (Fsp3) is 0.188. The fourth-order valence-electron chi connectivity index (χ4n) is 2.07. The molecule has 5 heteroatoms. The topological polar surface area (TPSA) is 70.5 Å². The molecule has 0 unspecified atom stereocenters. The van der Waals surface area contributed by atoms with E-state index >= 15 is 0 Å². The molecule has 1 heterocycles. The van der Waals surface area contributed by atoms with Crippen molar-refractivity contribution in [1.29, 1.82) is 0 Å². The Hall–Kier alpha value is -2.69. The largest absolute Gasteiger partial charge is 0.478 e. The van der Waals surface area contributed by atoms with Crippen LogP contribution in [0.25, 0.3) is 0 Å². The number of rotatable bonds is 4. The lowest BCUT2D eigenvalue weighted by Gasteiger charge is -2.22. The first-order chi connectivity index (χ1) is 10.0. The molecule has 2 rings (SSSR count). The predicted octanol–water partition coefficient (Wildman–Crippen LogP) is 2.75. The van der Waals surface area contributed by atoms with E-state index < -0.39 is 5.97 Å². The van der Waals surface area contributed by atoms with Crippen molar-refractivity contribution in [2.75, 3.05) is 11.4 Å². The maximum absolute atomic E-state index is 12.5. The zero-order valence-corrected chi connectivity index (χ0v) is 11.9. The Labute approximate surface area is 122 Å². The van der Waals surface area contributed by atoms with Crippen LogP contribution in [-0.4, -0.2) is 28.5 Å². The molecule has 21 heavy (non-hydrogen) atoms. The minimum atomic E-state index is -1.06. The zero-order chi connectivity index (χ0) is 15.4. The van der Waals surface area contributed by atoms with Crippen LogP contribution in [0.15, 0.2) is 42.6 Å². The first kappa shape index (κ1) is 14.7. The van der Waals surface area contributed by atoms with Gasteiger partial charge in [-0.05, 0) is 37.6 Å². The van der Waals surface area contributed by atoms with Crippen LogP contribution in [0.3, 0.4) is 0 Å². The second-order valence-electron chi connectivity index (χ2n) is 4.57. The van der Waals surface area contributed by atoms with E-state index in [1.165, 1.54) is 18.3 Å². The van der Waals surface area contributed by atoms with Gasteiger partial charge >= 0.3 is 5.97 Å². The highest BCUT2D eigenvalue weighted by molar-refractivity contribution is 6.05. The van der Waals surface area contributed by atoms with Crippen molar-refractivity contribution in [3.05, 3.63) is 59.4 Å². The minimum Gasteiger partial charge on any atom is -0.478 e. The van der Waals surface area contributed by atoms with Crippen LogP contribution in [0.1, 0.15) is 33.3 Å². The van der Waals surface area contributed by atoms with Crippen molar-refractivity contribution in [2.45, 2.75) is 13.8 Å². The summed E-state index contributed by atoms with van der Waals surface area (Å²) in [6.07, 6.45) is 1.20. The number of aromatic carboxylic acids is 1. The molecule has 0 saturated heterocycles. The molecule has 0 bridgehead atoms. The number of benzene rings is 1. The summed E-state index contributed by atoms with van der Waals surface area (Å²) in [7, 11) is 0. The van der Waals surface area contributed by atoms with Crippen molar-refractivity contribution < 1.29 is 14.7 Å². The van der Waals surface area contributed by atoms with Gasteiger partial charge in [-0.3, -0.25) is 9.78 Å². The standard InChI is InChI=1S/C16H16N2O3/c1-3-18(14-7-5-4-6-11(14)2)15(19)13-9-8-12(10-17-13)16(20)21/h4-10H,3H2,1-2H3,(H,20,21). The quantitative estimate of drug-likeness (QED) is 0.937. The van der Waals surface area contributed by atoms with Gasteiger partial charge in [0.25, 0.3) is 5.91 Å². The Morgan fingerprint density at radius 1 is 1.19 bits per heavy atom. The molecule has 0 spiro atoms. The number of carboxylic acid groups (broad SMARTS) is 1. The summed E-state index contributed by atoms with van der Waals surface area (Å²) in [5.74, 6) is -1.31. The summed E-state index contributed by atoms with van der Waals surface area (Å²) in [4.78, 5) is 28.9. The van der Waals surface area contributed by atoms with E-state index in [-0.39, 0.29) is 17.2 Å². The molecule has 1 amide bonds. The average molecular weight is 284 g/mol. The molecule has 0 radical (unpaired) electrons. The summed E-state index contributed by atoms with van der Waals surface area (Å²) < 4.78 is 0. The Morgan fingerprint density at radius 3 is 2.43 bits per heavy atom. The third kappa shape index (κ3) is 3.08. The van der Waals surface area contributed by atoms with Gasteiger partial charge in [0.1, 0.15) is 5.69 Å². The van der Waals surface area contributed by atoms with Gasteiger partial charge in [-0.25, -0.2) is 4.79 Å². The summed E-state index contributed by atoms with van der Waals surface area (Å²) in [5, 5.41) is 8.85. The molecule has 0 aliphatic heterocycles. The molecule has 0 atom stereocenters. The second kappa shape index (κ2) is 6.17. The number of aromatic nitrogens is 1. The number of anilines is 1. The van der Waals surface area contributed by atoms with Gasteiger partial charge in [0.2, 0.25) is 0 Å². The fourth-order valence-corrected chi connectivity index (χ4v) is 2.07. The summed E-state index contributed by atoms with van der Waals surface area (Å²) in [5.41, 5.74) is 2.11. The minimum absolute atomic E-state index is 0.0606. The Bertz CT molecular complexity index is 665. The normalized spacial score (nSPS) is 10.2. The average Bonchev–Trinajstić information content (AvgIpc) is 2.50. The van der Waals surface area contributed by atoms with Gasteiger partial charge in [-0.15, -0.1) is 0 Å². The molecule has 5 nitrogen and oxygen atoms in total. The lowest BCUT2D eigenvalue weighted by Crippen LogP contribution is -2.31. The highest BCUT2D eigenvalue weighted by Crippen LogP contribution is 2.21. The molecule has 1 aromatic heterocycles. The molecular formula is C16H16N2O3. The van der Waals surface area contributed by atoms with Crippen LogP contribution in [0.2, 0.25) is 0 Å². The summed E-state index contributed by atoms with van der Waals surface area (Å²) in [6, 6.07) is 10.4. The number of nitrogens with zero attached hydrogens (tertiary/aromatic N) is 2. The van der Waals surface area contributed by atoms with E-state index in [1.807, 2.05) is 38.1 Å². The number of carbonyl (C=O) groups is 2. The van der Waals surface area contributed by atoms with Crippen LogP contribution >= 0.6 is 0 Å². The lowest BCUT2D eigenvalue weighted by molar-refractivity contribution is 0.0695. The van der Waals surface area contributed by atoms with Crippen LogP contribution in [-0.2, 0) is 0 Å². The molecule has 1 N–H and O–H groups in total. The highest BCUT2D eigenvalue weighted by atomic mass is 16.4. The third-order valence-electron chi connectivity index (χ3n) is 3.20. The molecule has 0 aliphatic carbocycles. The van der Waals surface area contributed by atoms with Crippen molar-refractivity contribution in [1.82, 2.24) is 4.98 Å². The van der Waals surface area contributed by atoms with Crippen LogP contribution in [0.4, 0.5) is 5.69 Å². The lowest BCUT2D eigenvalue weighted by atomic mass is 10.1. The number of para-hydroxylation sites is 1. The Balaban J connectivity index is 2.32. The number of hydrogen-bond donors (Lipinski definition) is 1. The molecule has 0 saturated carbocycles. The number of carboxylic acids is 1. The number of aryl methyl sites for hydroxylation is 1. The van der Waals surface area contributed by atoms with E-state index in [0.29, 0.717) is 6.54 Å². The molecule has 1 aromatic carbocycles. The third-order valence-corrected chi connectivity index (χ3v) is 3.20. The maximum atomic E-state index is 12.5. The van der Waals surface area contributed by atoms with E-state index in [4.69, 9.17) is 5.11 Å². The van der Waals surface area contributed by atoms with E-state index in [2.05, 4.69) is 4.98 Å². The maximum Gasteiger partial charge on any atom is 0.337 e. The summed E-state index contributed by atoms with van der Waals surface area (Å²) in [6.45, 7) is 4.33. The van der Waals surface area contributed by atoms with Gasteiger partial charge < -0.3 is 10.0 Å². The molecule has 0 fully saturated rings.